The summed E-state index contributed by atoms with van der Waals surface area (Å²) < 4.78 is 7.11. The lowest BCUT2D eigenvalue weighted by atomic mass is 10.2. The fourth-order valence-corrected chi connectivity index (χ4v) is 3.34. The molecule has 4 aromatic rings. The highest BCUT2D eigenvalue weighted by molar-refractivity contribution is 7.13. The van der Waals surface area contributed by atoms with E-state index in [0.717, 1.165) is 22.1 Å². The van der Waals surface area contributed by atoms with Gasteiger partial charge in [0.15, 0.2) is 0 Å². The molecule has 0 aromatic carbocycles. The van der Waals surface area contributed by atoms with Crippen LogP contribution in [0.2, 0.25) is 0 Å². The average molecular weight is 394 g/mol. The van der Waals surface area contributed by atoms with E-state index in [4.69, 9.17) is 4.52 Å². The minimum Gasteiger partial charge on any atom is -0.352 e. The number of nitrogens with one attached hydrogen (secondary N) is 1. The van der Waals surface area contributed by atoms with Gasteiger partial charge in [-0.3, -0.25) is 9.36 Å². The van der Waals surface area contributed by atoms with Crippen LogP contribution in [0.3, 0.4) is 0 Å². The molecule has 0 aliphatic carbocycles. The van der Waals surface area contributed by atoms with Crippen LogP contribution in [0.25, 0.3) is 16.5 Å². The molecule has 1 amide bonds. The number of thiophene rings is 1. The van der Waals surface area contributed by atoms with Gasteiger partial charge >= 0.3 is 0 Å². The average Bonchev–Trinajstić information content (AvgIpc) is 3.46. The van der Waals surface area contributed by atoms with Gasteiger partial charge in [-0.15, -0.1) is 11.3 Å². The number of pyridine rings is 1. The standard InChI is InChI=1S/C19H18N6O2S/c1-13-20-8-9-25(13)16-11-14(6-7-21-16)12-22-17(26)4-5-18-23-19(24-27-18)15-3-2-10-28-15/h2-3,6-11H,4-5,12H2,1H3,(H,22,26). The van der Waals surface area contributed by atoms with E-state index in [1.807, 2.05) is 47.3 Å². The molecule has 9 heteroatoms. The van der Waals surface area contributed by atoms with Crippen LogP contribution in [0, 0.1) is 6.92 Å². The van der Waals surface area contributed by atoms with E-state index in [9.17, 15) is 4.79 Å². The molecular formula is C19H18N6O2S. The second-order valence-corrected chi connectivity index (χ2v) is 7.08. The van der Waals surface area contributed by atoms with Crippen LogP contribution in [-0.2, 0) is 17.8 Å². The number of rotatable bonds is 7. The fraction of sp³-hybridized carbons (Fsp3) is 0.211. The number of aryl methyl sites for hydroxylation is 2. The van der Waals surface area contributed by atoms with Crippen molar-refractivity contribution in [1.82, 2.24) is 30.0 Å². The zero-order chi connectivity index (χ0) is 19.3. The van der Waals surface area contributed by atoms with E-state index >= 15 is 0 Å². The molecule has 4 aromatic heterocycles. The Labute approximate surface area is 165 Å². The SMILES string of the molecule is Cc1nccn1-c1cc(CNC(=O)CCc2nc(-c3cccs3)no2)ccn1. The van der Waals surface area contributed by atoms with Gasteiger partial charge in [-0.25, -0.2) is 9.97 Å². The van der Waals surface area contributed by atoms with Gasteiger partial charge in [0.1, 0.15) is 11.6 Å². The molecule has 0 saturated carbocycles. The Bertz CT molecular complexity index is 1070. The van der Waals surface area contributed by atoms with Gasteiger partial charge in [-0.2, -0.15) is 4.98 Å². The summed E-state index contributed by atoms with van der Waals surface area (Å²) in [5, 5.41) is 8.82. The minimum absolute atomic E-state index is 0.0759. The molecule has 0 atom stereocenters. The first kappa shape index (κ1) is 18.1. The molecule has 0 saturated heterocycles. The van der Waals surface area contributed by atoms with Gasteiger partial charge < -0.3 is 9.84 Å². The summed E-state index contributed by atoms with van der Waals surface area (Å²) in [5.74, 6) is 2.57. The molecule has 28 heavy (non-hydrogen) atoms. The smallest absolute Gasteiger partial charge is 0.227 e. The molecule has 4 heterocycles. The second kappa shape index (κ2) is 8.13. The highest BCUT2D eigenvalue weighted by Crippen LogP contribution is 2.21. The monoisotopic (exact) mass is 394 g/mol. The quantitative estimate of drug-likeness (QED) is 0.517. The van der Waals surface area contributed by atoms with Crippen LogP contribution >= 0.6 is 11.3 Å². The van der Waals surface area contributed by atoms with E-state index in [2.05, 4.69) is 25.4 Å². The van der Waals surface area contributed by atoms with Gasteiger partial charge in [-0.05, 0) is 36.1 Å². The largest absolute Gasteiger partial charge is 0.352 e. The lowest BCUT2D eigenvalue weighted by molar-refractivity contribution is -0.121. The van der Waals surface area contributed by atoms with Crippen molar-refractivity contribution in [2.75, 3.05) is 0 Å². The van der Waals surface area contributed by atoms with Gasteiger partial charge in [0.25, 0.3) is 0 Å². The summed E-state index contributed by atoms with van der Waals surface area (Å²) in [5.41, 5.74) is 0.962. The fourth-order valence-electron chi connectivity index (χ4n) is 2.69. The molecule has 4 rings (SSSR count). The molecule has 0 unspecified atom stereocenters. The van der Waals surface area contributed by atoms with Gasteiger partial charge in [-0.1, -0.05) is 11.2 Å². The minimum atomic E-state index is -0.0759. The molecule has 0 spiro atoms. The summed E-state index contributed by atoms with van der Waals surface area (Å²) in [4.78, 5) is 26.0. The summed E-state index contributed by atoms with van der Waals surface area (Å²) in [6, 6.07) is 7.67. The van der Waals surface area contributed by atoms with Crippen molar-refractivity contribution >= 4 is 17.2 Å². The predicted molar refractivity (Wildman–Crippen MR) is 104 cm³/mol. The third-order valence-corrected chi connectivity index (χ3v) is 5.01. The first-order valence-corrected chi connectivity index (χ1v) is 9.65. The van der Waals surface area contributed by atoms with Crippen LogP contribution in [0.1, 0.15) is 23.7 Å². The van der Waals surface area contributed by atoms with Gasteiger partial charge in [0.05, 0.1) is 4.88 Å². The lowest BCUT2D eigenvalue weighted by Crippen LogP contribution is -2.23. The van der Waals surface area contributed by atoms with Crippen molar-refractivity contribution < 1.29 is 9.32 Å². The number of hydrogen-bond donors (Lipinski definition) is 1. The summed E-state index contributed by atoms with van der Waals surface area (Å²) in [7, 11) is 0. The highest BCUT2D eigenvalue weighted by Gasteiger charge is 2.11. The van der Waals surface area contributed by atoms with Gasteiger partial charge in [0.2, 0.25) is 17.6 Å². The topological polar surface area (TPSA) is 98.7 Å². The number of imidazole rings is 1. The van der Waals surface area contributed by atoms with E-state index in [1.54, 1.807) is 23.7 Å². The Morgan fingerprint density at radius 1 is 1.29 bits per heavy atom. The Morgan fingerprint density at radius 3 is 3.00 bits per heavy atom. The number of aromatic nitrogens is 5. The number of hydrogen-bond acceptors (Lipinski definition) is 7. The number of carbonyl (C=O) groups excluding carboxylic acids is 1. The molecule has 142 valence electrons. The summed E-state index contributed by atoms with van der Waals surface area (Å²) in [6.07, 6.45) is 5.99. The predicted octanol–water partition coefficient (Wildman–Crippen LogP) is 2.94. The van der Waals surface area contributed by atoms with E-state index in [-0.39, 0.29) is 12.3 Å². The number of amides is 1. The van der Waals surface area contributed by atoms with Crippen molar-refractivity contribution in [3.8, 4) is 16.5 Å². The van der Waals surface area contributed by atoms with Crippen molar-refractivity contribution in [2.24, 2.45) is 0 Å². The maximum Gasteiger partial charge on any atom is 0.227 e. The maximum absolute atomic E-state index is 12.2. The molecular weight excluding hydrogens is 376 g/mol. The van der Waals surface area contributed by atoms with Crippen LogP contribution in [0.4, 0.5) is 0 Å². The number of nitrogens with zero attached hydrogens (tertiary/aromatic N) is 5. The Balaban J connectivity index is 1.30. The zero-order valence-corrected chi connectivity index (χ0v) is 16.0. The van der Waals surface area contributed by atoms with E-state index in [0.29, 0.717) is 24.7 Å². The first-order chi connectivity index (χ1) is 13.7. The second-order valence-electron chi connectivity index (χ2n) is 6.13. The highest BCUT2D eigenvalue weighted by atomic mass is 32.1. The van der Waals surface area contributed by atoms with Crippen LogP contribution in [-0.4, -0.2) is 30.6 Å². The molecule has 0 fully saturated rings. The van der Waals surface area contributed by atoms with Crippen molar-refractivity contribution in [1.29, 1.82) is 0 Å². The molecule has 0 bridgehead atoms. The van der Waals surface area contributed by atoms with Crippen molar-refractivity contribution in [2.45, 2.75) is 26.3 Å². The summed E-state index contributed by atoms with van der Waals surface area (Å²) >= 11 is 1.55. The molecule has 0 aliphatic rings. The van der Waals surface area contributed by atoms with Gasteiger partial charge in [0, 0.05) is 38.0 Å². The normalized spacial score (nSPS) is 10.9. The van der Waals surface area contributed by atoms with Crippen LogP contribution in [0.15, 0.2) is 52.8 Å². The Kier molecular flexibility index (Phi) is 5.24. The Morgan fingerprint density at radius 2 is 2.21 bits per heavy atom. The van der Waals surface area contributed by atoms with Crippen molar-refractivity contribution in [3.05, 3.63) is 65.5 Å². The molecule has 0 aliphatic heterocycles. The van der Waals surface area contributed by atoms with Crippen molar-refractivity contribution in [3.63, 3.8) is 0 Å². The van der Waals surface area contributed by atoms with Crippen LogP contribution < -0.4 is 5.32 Å². The third-order valence-electron chi connectivity index (χ3n) is 4.15. The van der Waals surface area contributed by atoms with E-state index < -0.39 is 0 Å². The third kappa shape index (κ3) is 4.15. The maximum atomic E-state index is 12.2. The Hall–Kier alpha value is -3.33. The lowest BCUT2D eigenvalue weighted by Gasteiger charge is -2.08. The molecule has 8 nitrogen and oxygen atoms in total. The first-order valence-electron chi connectivity index (χ1n) is 8.77. The number of carbonyl (C=O) groups is 1. The zero-order valence-electron chi connectivity index (χ0n) is 15.2. The van der Waals surface area contributed by atoms with Crippen LogP contribution in [0.5, 0.6) is 0 Å². The van der Waals surface area contributed by atoms with E-state index in [1.165, 1.54) is 0 Å². The molecule has 0 radical (unpaired) electrons. The molecule has 1 N–H and O–H groups in total. The summed E-state index contributed by atoms with van der Waals surface area (Å²) in [6.45, 7) is 2.34.